The van der Waals surface area contributed by atoms with Crippen LogP contribution in [0.15, 0.2) is 54.6 Å². The molecule has 0 spiro atoms. The Hall–Kier alpha value is -1.81. The van der Waals surface area contributed by atoms with Crippen LogP contribution in [0.4, 0.5) is 5.69 Å². The summed E-state index contributed by atoms with van der Waals surface area (Å²) in [5.74, 6) is 0.701. The quantitative estimate of drug-likeness (QED) is 0.240. The van der Waals surface area contributed by atoms with Gasteiger partial charge < -0.3 is 19.1 Å². The molecule has 0 heterocycles. The van der Waals surface area contributed by atoms with E-state index in [1.807, 2.05) is 30.3 Å². The highest BCUT2D eigenvalue weighted by Gasteiger charge is 2.47. The summed E-state index contributed by atoms with van der Waals surface area (Å²) in [5, 5.41) is 3.68. The monoisotopic (exact) mass is 515 g/mol. The van der Waals surface area contributed by atoms with Crippen LogP contribution < -0.4 is 10.1 Å². The van der Waals surface area contributed by atoms with Crippen LogP contribution in [0, 0.1) is 5.92 Å². The molecule has 2 aromatic rings. The fourth-order valence-corrected chi connectivity index (χ4v) is 8.23. The number of hydrogen-bond acceptors (Lipinski definition) is 5. The number of ether oxygens (including phenoxy) is 1. The molecule has 6 heteroatoms. The van der Waals surface area contributed by atoms with Gasteiger partial charge in [-0.25, -0.2) is 0 Å². The highest BCUT2D eigenvalue weighted by atomic mass is 31.2. The van der Waals surface area contributed by atoms with E-state index < -0.39 is 13.4 Å². The van der Waals surface area contributed by atoms with Crippen molar-refractivity contribution in [3.05, 3.63) is 60.2 Å². The zero-order valence-corrected chi connectivity index (χ0v) is 23.7. The molecule has 5 nitrogen and oxygen atoms in total. The summed E-state index contributed by atoms with van der Waals surface area (Å²) < 4.78 is 33.6. The van der Waals surface area contributed by atoms with E-state index in [1.54, 1.807) is 7.11 Å². The molecule has 0 amide bonds. The van der Waals surface area contributed by atoms with Crippen LogP contribution in [0.5, 0.6) is 5.75 Å². The molecule has 36 heavy (non-hydrogen) atoms. The highest BCUT2D eigenvalue weighted by Crippen LogP contribution is 2.62. The van der Waals surface area contributed by atoms with Crippen LogP contribution in [0.25, 0.3) is 0 Å². The Morgan fingerprint density at radius 3 is 1.83 bits per heavy atom. The third-order valence-corrected chi connectivity index (χ3v) is 9.91. The summed E-state index contributed by atoms with van der Waals surface area (Å²) in [6, 6.07) is 18.4. The first-order valence-corrected chi connectivity index (χ1v) is 15.5. The summed E-state index contributed by atoms with van der Waals surface area (Å²) in [6.07, 6.45) is 7.58. The van der Waals surface area contributed by atoms with Gasteiger partial charge in [0.1, 0.15) is 11.5 Å². The third kappa shape index (κ3) is 7.37. The van der Waals surface area contributed by atoms with Gasteiger partial charge in [0.25, 0.3) is 0 Å². The minimum Gasteiger partial charge on any atom is -0.497 e. The zero-order chi connectivity index (χ0) is 26.0. The van der Waals surface area contributed by atoms with Crippen molar-refractivity contribution in [2.45, 2.75) is 103 Å². The average molecular weight is 516 g/mol. The van der Waals surface area contributed by atoms with Gasteiger partial charge in [0, 0.05) is 11.6 Å². The van der Waals surface area contributed by atoms with Gasteiger partial charge in [-0.15, -0.1) is 0 Å². The van der Waals surface area contributed by atoms with E-state index in [4.69, 9.17) is 13.8 Å². The molecule has 200 valence electrons. The maximum Gasteiger partial charge on any atom is 0.353 e. The number of hydrogen-bond donors (Lipinski definition) is 1. The lowest BCUT2D eigenvalue weighted by Gasteiger charge is -2.39. The van der Waals surface area contributed by atoms with E-state index >= 15 is 4.57 Å². The molecule has 0 aromatic heterocycles. The van der Waals surface area contributed by atoms with E-state index in [1.165, 1.54) is 18.4 Å². The van der Waals surface area contributed by atoms with E-state index in [0.29, 0.717) is 5.92 Å². The first-order valence-electron chi connectivity index (χ1n) is 13.9. The first kappa shape index (κ1) is 28.8. The largest absolute Gasteiger partial charge is 0.497 e. The first-order chi connectivity index (χ1) is 17.5. The molecule has 1 saturated carbocycles. The Morgan fingerprint density at radius 2 is 1.36 bits per heavy atom. The molecule has 2 aromatic carbocycles. The number of methoxy groups -OCH3 is 1. The summed E-state index contributed by atoms with van der Waals surface area (Å²) in [7, 11) is -1.94. The Labute approximate surface area is 218 Å². The van der Waals surface area contributed by atoms with Crippen LogP contribution in [-0.2, 0) is 13.6 Å². The standard InChI is InChI=1S/C30H46NO4P/c1-6-26(7-2)34-36(32,35-27(8-3)9-4)30(31-25-19-21-28(33-5)22-20-25)29(24-17-13-14-18-24)23-15-11-10-12-16-23/h10-12,15-16,19-22,24,26-27,29-31H,6-9,13-14,17-18H2,1-5H3/t29-,30+/m0/s1. The number of rotatable bonds is 15. The van der Waals surface area contributed by atoms with Gasteiger partial charge in [-0.1, -0.05) is 70.9 Å². The van der Waals surface area contributed by atoms with Crippen LogP contribution in [-0.4, -0.2) is 25.1 Å². The van der Waals surface area contributed by atoms with Crippen molar-refractivity contribution < 1.29 is 18.3 Å². The lowest BCUT2D eigenvalue weighted by atomic mass is 9.84. The van der Waals surface area contributed by atoms with Crippen LogP contribution >= 0.6 is 7.60 Å². The van der Waals surface area contributed by atoms with Crippen molar-refractivity contribution in [2.75, 3.05) is 12.4 Å². The summed E-state index contributed by atoms with van der Waals surface area (Å²) >= 11 is 0. The molecule has 1 N–H and O–H groups in total. The molecule has 0 saturated heterocycles. The molecule has 1 fully saturated rings. The van der Waals surface area contributed by atoms with Crippen molar-refractivity contribution in [3.8, 4) is 5.75 Å². The van der Waals surface area contributed by atoms with E-state index in [0.717, 1.165) is 50.0 Å². The number of anilines is 1. The predicted molar refractivity (Wildman–Crippen MR) is 150 cm³/mol. The minimum absolute atomic E-state index is 0.00496. The molecule has 3 rings (SSSR count). The maximum absolute atomic E-state index is 15.1. The second kappa shape index (κ2) is 14.2. The Morgan fingerprint density at radius 1 is 0.833 bits per heavy atom. The zero-order valence-electron chi connectivity index (χ0n) is 22.8. The Bertz CT molecular complexity index is 904. The minimum atomic E-state index is -3.61. The Balaban J connectivity index is 2.14. The van der Waals surface area contributed by atoms with Gasteiger partial charge in [-0.2, -0.15) is 0 Å². The molecule has 2 atom stereocenters. The summed E-state index contributed by atoms with van der Waals surface area (Å²) in [4.78, 5) is 0. The predicted octanol–water partition coefficient (Wildman–Crippen LogP) is 9.01. The Kier molecular flexibility index (Phi) is 11.4. The lowest BCUT2D eigenvalue weighted by Crippen LogP contribution is -2.35. The molecule has 0 radical (unpaired) electrons. The van der Waals surface area contributed by atoms with E-state index in [2.05, 4.69) is 57.3 Å². The van der Waals surface area contributed by atoms with Gasteiger partial charge >= 0.3 is 7.60 Å². The molecular weight excluding hydrogens is 469 g/mol. The maximum atomic E-state index is 15.1. The summed E-state index contributed by atoms with van der Waals surface area (Å²) in [5.41, 5.74) is 2.08. The van der Waals surface area contributed by atoms with Gasteiger partial charge in [0.2, 0.25) is 0 Å². The summed E-state index contributed by atoms with van der Waals surface area (Å²) in [6.45, 7) is 8.36. The highest BCUT2D eigenvalue weighted by molar-refractivity contribution is 7.54. The fraction of sp³-hybridized carbons (Fsp3) is 0.600. The normalized spacial score (nSPS) is 16.4. The topological polar surface area (TPSA) is 56.8 Å². The van der Waals surface area contributed by atoms with Crippen LogP contribution in [0.3, 0.4) is 0 Å². The van der Waals surface area contributed by atoms with Crippen molar-refractivity contribution in [3.63, 3.8) is 0 Å². The molecule has 1 aliphatic rings. The van der Waals surface area contributed by atoms with Crippen molar-refractivity contribution in [2.24, 2.45) is 5.92 Å². The van der Waals surface area contributed by atoms with Gasteiger partial charge in [-0.05, 0) is 74.3 Å². The van der Waals surface area contributed by atoms with Gasteiger partial charge in [0.05, 0.1) is 19.3 Å². The van der Waals surface area contributed by atoms with Crippen LogP contribution in [0.2, 0.25) is 0 Å². The molecule has 0 aliphatic heterocycles. The van der Waals surface area contributed by atoms with Gasteiger partial charge in [-0.3, -0.25) is 4.57 Å². The molecule has 0 bridgehead atoms. The van der Waals surface area contributed by atoms with Crippen molar-refractivity contribution >= 4 is 13.3 Å². The smallest absolute Gasteiger partial charge is 0.353 e. The molecule has 1 aliphatic carbocycles. The molecule has 0 unspecified atom stereocenters. The van der Waals surface area contributed by atoms with E-state index in [9.17, 15) is 0 Å². The van der Waals surface area contributed by atoms with Crippen LogP contribution in [0.1, 0.15) is 90.5 Å². The van der Waals surface area contributed by atoms with Gasteiger partial charge in [0.15, 0.2) is 0 Å². The number of nitrogens with one attached hydrogen (secondary N) is 1. The SMILES string of the molecule is CCC(CC)OP(=O)(OC(CC)CC)[C@@H](Nc1ccc(OC)cc1)[C@@H](c1ccccc1)C1CCCC1. The van der Waals surface area contributed by atoms with Crippen molar-refractivity contribution in [1.82, 2.24) is 0 Å². The third-order valence-electron chi connectivity index (χ3n) is 7.59. The number of benzene rings is 2. The molecular formula is C30H46NO4P. The second-order valence-electron chi connectivity index (χ2n) is 9.93. The fourth-order valence-electron chi connectivity index (χ4n) is 5.37. The van der Waals surface area contributed by atoms with Crippen molar-refractivity contribution in [1.29, 1.82) is 0 Å². The van der Waals surface area contributed by atoms with E-state index in [-0.39, 0.29) is 18.1 Å². The average Bonchev–Trinajstić information content (AvgIpc) is 3.45. The second-order valence-corrected chi connectivity index (χ2v) is 12.0. The lowest BCUT2D eigenvalue weighted by molar-refractivity contribution is 0.0980.